The van der Waals surface area contributed by atoms with Crippen molar-refractivity contribution in [3.05, 3.63) is 53.1 Å². The number of rotatable bonds is 7. The minimum absolute atomic E-state index is 0.0559. The van der Waals surface area contributed by atoms with Gasteiger partial charge in [0.15, 0.2) is 0 Å². The highest BCUT2D eigenvalue weighted by Crippen LogP contribution is 2.66. The number of hydrogen-bond acceptors (Lipinski definition) is 5. The van der Waals surface area contributed by atoms with E-state index in [4.69, 9.17) is 4.74 Å². The van der Waals surface area contributed by atoms with Crippen LogP contribution in [0.1, 0.15) is 111 Å². The van der Waals surface area contributed by atoms with Crippen LogP contribution in [0.15, 0.2) is 36.4 Å². The van der Waals surface area contributed by atoms with Gasteiger partial charge in [0, 0.05) is 65.4 Å². The second kappa shape index (κ2) is 12.1. The number of benzene rings is 2. The first-order valence-electron chi connectivity index (χ1n) is 17.9. The van der Waals surface area contributed by atoms with Crippen molar-refractivity contribution in [2.45, 2.75) is 101 Å². The van der Waals surface area contributed by atoms with Crippen LogP contribution in [0, 0.1) is 5.41 Å². The Morgan fingerprint density at radius 2 is 1.85 bits per heavy atom. The zero-order valence-electron chi connectivity index (χ0n) is 27.9. The van der Waals surface area contributed by atoms with Gasteiger partial charge in [-0.2, -0.15) is 0 Å². The first-order chi connectivity index (χ1) is 22.9. The Hall–Kier alpha value is -3.17. The molecule has 2 amide bonds. The van der Waals surface area contributed by atoms with Crippen LogP contribution in [0.4, 0.5) is 0 Å². The van der Waals surface area contributed by atoms with Crippen molar-refractivity contribution in [2.75, 3.05) is 32.5 Å². The number of methoxy groups -OCH3 is 1. The summed E-state index contributed by atoms with van der Waals surface area (Å²) in [6.07, 6.45) is 12.3. The second-order valence-electron chi connectivity index (χ2n) is 14.9. The Morgan fingerprint density at radius 3 is 2.62 bits per heavy atom. The molecule has 8 nitrogen and oxygen atoms in total. The lowest BCUT2D eigenvalue weighted by atomic mass is 9.81. The quantitative estimate of drug-likeness (QED) is 0.307. The fraction of sp³-hybridized carbons (Fsp3) is 0.579. The number of ether oxygens (including phenoxy) is 1. The van der Waals surface area contributed by atoms with Gasteiger partial charge in [-0.05, 0) is 85.9 Å². The molecule has 1 aromatic heterocycles. The SMILES string of the molecule is CCCS(=O)NC(=O)c1ccc2c(C3CCCCC3)c3n(c2c1)CC1(C(=O)N2CCNC4(CCCC4)C2)CC1c1cc(OC)ccc1-3. The number of nitrogens with one attached hydrogen (secondary N) is 2. The van der Waals surface area contributed by atoms with Gasteiger partial charge in [0.1, 0.15) is 16.7 Å². The molecule has 8 rings (SSSR count). The number of nitrogens with zero attached hydrogens (tertiary/aromatic N) is 2. The van der Waals surface area contributed by atoms with E-state index in [-0.39, 0.29) is 23.3 Å². The summed E-state index contributed by atoms with van der Waals surface area (Å²) in [5.41, 5.74) is 6.02. The average molecular weight is 657 g/mol. The number of aromatic nitrogens is 1. The van der Waals surface area contributed by atoms with Gasteiger partial charge in [0.25, 0.3) is 5.91 Å². The predicted molar refractivity (Wildman–Crippen MR) is 186 cm³/mol. The van der Waals surface area contributed by atoms with Gasteiger partial charge < -0.3 is 19.5 Å². The first kappa shape index (κ1) is 31.1. The summed E-state index contributed by atoms with van der Waals surface area (Å²) in [5.74, 6) is 1.76. The van der Waals surface area contributed by atoms with Crippen molar-refractivity contribution in [3.8, 4) is 17.0 Å². The molecule has 3 aliphatic carbocycles. The molecule has 1 saturated heterocycles. The Morgan fingerprint density at radius 1 is 1.04 bits per heavy atom. The van der Waals surface area contributed by atoms with Crippen LogP contribution in [0.5, 0.6) is 5.75 Å². The Kier molecular flexibility index (Phi) is 7.98. The molecule has 3 aromatic rings. The molecule has 3 heterocycles. The van der Waals surface area contributed by atoms with E-state index in [1.165, 1.54) is 59.9 Å². The van der Waals surface area contributed by atoms with E-state index >= 15 is 0 Å². The first-order valence-corrected chi connectivity index (χ1v) is 19.3. The van der Waals surface area contributed by atoms with Gasteiger partial charge in [-0.25, -0.2) is 4.21 Å². The number of piperazine rings is 1. The van der Waals surface area contributed by atoms with Gasteiger partial charge in [0.05, 0.1) is 18.2 Å². The van der Waals surface area contributed by atoms with Gasteiger partial charge in [-0.3, -0.25) is 14.3 Å². The van der Waals surface area contributed by atoms with Crippen molar-refractivity contribution < 1.29 is 18.5 Å². The predicted octanol–water partition coefficient (Wildman–Crippen LogP) is 6.40. The number of amides is 2. The molecule has 47 heavy (non-hydrogen) atoms. The van der Waals surface area contributed by atoms with Crippen LogP contribution in [-0.2, 0) is 22.3 Å². The van der Waals surface area contributed by atoms with Gasteiger partial charge in [-0.15, -0.1) is 0 Å². The molecule has 3 unspecified atom stereocenters. The fourth-order valence-electron chi connectivity index (χ4n) is 9.65. The van der Waals surface area contributed by atoms with Crippen molar-refractivity contribution in [1.82, 2.24) is 19.5 Å². The van der Waals surface area contributed by atoms with Crippen LogP contribution in [0.2, 0.25) is 0 Å². The molecule has 4 fully saturated rings. The zero-order chi connectivity index (χ0) is 32.3. The third-order valence-electron chi connectivity index (χ3n) is 12.0. The summed E-state index contributed by atoms with van der Waals surface area (Å²) < 4.78 is 23.4. The maximum Gasteiger partial charge on any atom is 0.263 e. The lowest BCUT2D eigenvalue weighted by Crippen LogP contribution is -2.61. The van der Waals surface area contributed by atoms with E-state index in [2.05, 4.69) is 43.8 Å². The largest absolute Gasteiger partial charge is 0.497 e. The van der Waals surface area contributed by atoms with E-state index in [0.717, 1.165) is 69.4 Å². The van der Waals surface area contributed by atoms with E-state index in [1.54, 1.807) is 7.11 Å². The van der Waals surface area contributed by atoms with Crippen LogP contribution >= 0.6 is 0 Å². The molecular weight excluding hydrogens is 609 g/mol. The molecule has 0 bridgehead atoms. The Labute approximate surface area is 280 Å². The monoisotopic (exact) mass is 656 g/mol. The fourth-order valence-corrected chi connectivity index (χ4v) is 10.4. The van der Waals surface area contributed by atoms with Crippen LogP contribution in [0.25, 0.3) is 22.2 Å². The number of hydrogen-bond donors (Lipinski definition) is 2. The van der Waals surface area contributed by atoms with E-state index in [1.807, 2.05) is 19.1 Å². The smallest absolute Gasteiger partial charge is 0.263 e. The van der Waals surface area contributed by atoms with E-state index in [0.29, 0.717) is 23.8 Å². The van der Waals surface area contributed by atoms with E-state index < -0.39 is 16.4 Å². The lowest BCUT2D eigenvalue weighted by molar-refractivity contribution is -0.140. The maximum absolute atomic E-state index is 14.9. The van der Waals surface area contributed by atoms with Gasteiger partial charge in [-0.1, -0.05) is 45.1 Å². The minimum Gasteiger partial charge on any atom is -0.497 e. The van der Waals surface area contributed by atoms with Crippen molar-refractivity contribution in [2.24, 2.45) is 5.41 Å². The van der Waals surface area contributed by atoms with E-state index in [9.17, 15) is 13.8 Å². The molecule has 3 atom stereocenters. The highest BCUT2D eigenvalue weighted by Gasteiger charge is 2.64. The number of carbonyl (C=O) groups is 2. The molecule has 250 valence electrons. The van der Waals surface area contributed by atoms with Crippen molar-refractivity contribution in [1.29, 1.82) is 0 Å². The summed E-state index contributed by atoms with van der Waals surface area (Å²) in [7, 11) is 0.305. The summed E-state index contributed by atoms with van der Waals surface area (Å²) in [4.78, 5) is 30.5. The molecule has 5 aliphatic rings. The Balaban J connectivity index is 1.29. The highest BCUT2D eigenvalue weighted by atomic mass is 32.2. The summed E-state index contributed by atoms with van der Waals surface area (Å²) in [6.45, 7) is 4.93. The maximum atomic E-state index is 14.9. The molecule has 1 spiro atoms. The molecule has 2 N–H and O–H groups in total. The zero-order valence-corrected chi connectivity index (χ0v) is 28.7. The highest BCUT2D eigenvalue weighted by molar-refractivity contribution is 7.83. The number of carbonyl (C=O) groups excluding carboxylic acids is 2. The van der Waals surface area contributed by atoms with Crippen LogP contribution in [-0.4, -0.2) is 63.5 Å². The molecule has 0 radical (unpaired) electrons. The standard InChI is InChI=1S/C38H48N4O4S/c1-3-19-47(45)40-35(43)26-11-13-29-32(20-26)42-24-38(36(44)41-18-17-39-37(23-41)15-7-8-16-37)22-31(38)30-21-27(46-2)12-14-28(30)34(42)33(29)25-9-5-4-6-10-25/h11-14,20-21,25,31,39H,3-10,15-19,22-24H2,1-2H3,(H,40,43). The second-order valence-corrected chi connectivity index (χ2v) is 16.2. The van der Waals surface area contributed by atoms with Gasteiger partial charge in [0.2, 0.25) is 5.91 Å². The number of fused-ring (bicyclic) bond motifs is 7. The third-order valence-corrected chi connectivity index (χ3v) is 13.2. The molecular formula is C38H48N4O4S. The van der Waals surface area contributed by atoms with Crippen LogP contribution in [0.3, 0.4) is 0 Å². The average Bonchev–Trinajstić information content (AvgIpc) is 3.55. The van der Waals surface area contributed by atoms with Crippen molar-refractivity contribution >= 4 is 33.7 Å². The molecule has 3 saturated carbocycles. The third kappa shape index (κ3) is 5.23. The normalized spacial score (nSPS) is 25.5. The topological polar surface area (TPSA) is 92.7 Å². The molecule has 2 aliphatic heterocycles. The summed E-state index contributed by atoms with van der Waals surface area (Å²) in [6, 6.07) is 12.5. The van der Waals surface area contributed by atoms with Crippen molar-refractivity contribution in [3.63, 3.8) is 0 Å². The lowest BCUT2D eigenvalue weighted by Gasteiger charge is -2.43. The molecule has 9 heteroatoms. The van der Waals surface area contributed by atoms with Crippen LogP contribution < -0.4 is 14.8 Å². The molecule has 2 aromatic carbocycles. The van der Waals surface area contributed by atoms with Gasteiger partial charge >= 0.3 is 0 Å². The summed E-state index contributed by atoms with van der Waals surface area (Å²) >= 11 is 0. The summed E-state index contributed by atoms with van der Waals surface area (Å²) in [5, 5.41) is 4.97. The Bertz CT molecular complexity index is 1750. The minimum atomic E-state index is -1.41.